The zero-order valence-corrected chi connectivity index (χ0v) is 13.1. The molecular weight excluding hydrogens is 313 g/mol. The lowest BCUT2D eigenvalue weighted by Gasteiger charge is -2.13. The maximum atomic E-state index is 12.9. The van der Waals surface area contributed by atoms with Crippen LogP contribution in [0.1, 0.15) is 18.8 Å². The average Bonchev–Trinajstić information content (AvgIpc) is 2.92. The summed E-state index contributed by atoms with van der Waals surface area (Å²) in [5.41, 5.74) is 5.81. The number of aromatic nitrogens is 6. The number of hydrogen-bond donors (Lipinski definition) is 3. The number of halogens is 1. The molecule has 0 aliphatic heterocycles. The zero-order valence-electron chi connectivity index (χ0n) is 13.1. The van der Waals surface area contributed by atoms with Crippen LogP contribution in [0.2, 0.25) is 0 Å². The molecule has 0 spiro atoms. The summed E-state index contributed by atoms with van der Waals surface area (Å²) in [4.78, 5) is 20.5. The van der Waals surface area contributed by atoms with Crippen molar-refractivity contribution in [2.24, 2.45) is 7.05 Å². The van der Waals surface area contributed by atoms with Crippen molar-refractivity contribution in [3.05, 3.63) is 42.6 Å². The summed E-state index contributed by atoms with van der Waals surface area (Å²) in [6, 6.07) is 1.27. The standard InChI is InChI=1S/C14H16FN9/c1-8(13-17-4-9(15)5-18-13)20-14-21-10(16)3-11(23-14)22-12-6-24(2)7-19-12/h3-8H,1-2H3,(H4,16,20,21,22,23). The van der Waals surface area contributed by atoms with Gasteiger partial charge in [-0.2, -0.15) is 9.97 Å². The Kier molecular flexibility index (Phi) is 4.18. The van der Waals surface area contributed by atoms with Crippen molar-refractivity contribution in [1.29, 1.82) is 0 Å². The third-order valence-electron chi connectivity index (χ3n) is 3.08. The lowest BCUT2D eigenvalue weighted by molar-refractivity contribution is 0.604. The van der Waals surface area contributed by atoms with Gasteiger partial charge in [0.15, 0.2) is 5.82 Å². The molecule has 3 heterocycles. The van der Waals surface area contributed by atoms with Crippen LogP contribution in [-0.4, -0.2) is 29.5 Å². The Morgan fingerprint density at radius 3 is 2.58 bits per heavy atom. The molecule has 3 aromatic rings. The maximum Gasteiger partial charge on any atom is 0.227 e. The first-order chi connectivity index (χ1) is 11.5. The molecule has 0 amide bonds. The molecule has 9 nitrogen and oxygen atoms in total. The maximum absolute atomic E-state index is 12.9. The number of hydrogen-bond acceptors (Lipinski definition) is 8. The molecule has 4 N–H and O–H groups in total. The second-order valence-electron chi connectivity index (χ2n) is 5.18. The molecule has 124 valence electrons. The van der Waals surface area contributed by atoms with Crippen LogP contribution in [0.25, 0.3) is 0 Å². The van der Waals surface area contributed by atoms with E-state index < -0.39 is 5.82 Å². The predicted octanol–water partition coefficient (Wildman–Crippen LogP) is 1.64. The summed E-state index contributed by atoms with van der Waals surface area (Å²) in [5.74, 6) is 1.65. The monoisotopic (exact) mass is 329 g/mol. The second kappa shape index (κ2) is 6.44. The average molecular weight is 329 g/mol. The Bertz CT molecular complexity index is 831. The molecule has 1 atom stereocenters. The van der Waals surface area contributed by atoms with Gasteiger partial charge in [-0.05, 0) is 6.92 Å². The number of nitrogen functional groups attached to an aromatic ring is 1. The number of imidazole rings is 1. The molecule has 0 saturated carbocycles. The van der Waals surface area contributed by atoms with Crippen LogP contribution in [0.4, 0.5) is 27.8 Å². The van der Waals surface area contributed by atoms with Crippen LogP contribution in [0, 0.1) is 5.82 Å². The Hall–Kier alpha value is -3.30. The lowest BCUT2D eigenvalue weighted by Crippen LogP contribution is -2.14. The summed E-state index contributed by atoms with van der Waals surface area (Å²) in [5, 5.41) is 6.08. The first kappa shape index (κ1) is 15.6. The van der Waals surface area contributed by atoms with Crippen LogP contribution in [0.5, 0.6) is 0 Å². The number of nitrogens with two attached hydrogens (primary N) is 1. The molecule has 1 unspecified atom stereocenters. The Labute approximate surface area is 137 Å². The van der Waals surface area contributed by atoms with E-state index in [-0.39, 0.29) is 11.9 Å². The van der Waals surface area contributed by atoms with Crippen molar-refractivity contribution < 1.29 is 4.39 Å². The number of rotatable bonds is 5. The van der Waals surface area contributed by atoms with Gasteiger partial charge in [-0.3, -0.25) is 0 Å². The van der Waals surface area contributed by atoms with E-state index in [1.807, 2.05) is 14.0 Å². The van der Waals surface area contributed by atoms with Crippen molar-refractivity contribution in [1.82, 2.24) is 29.5 Å². The molecule has 24 heavy (non-hydrogen) atoms. The molecule has 0 aromatic carbocycles. The van der Waals surface area contributed by atoms with E-state index in [0.717, 1.165) is 12.4 Å². The van der Waals surface area contributed by atoms with E-state index >= 15 is 0 Å². The van der Waals surface area contributed by atoms with Crippen LogP contribution in [-0.2, 0) is 7.05 Å². The number of nitrogens with one attached hydrogen (secondary N) is 2. The molecule has 3 rings (SSSR count). The van der Waals surface area contributed by atoms with E-state index in [9.17, 15) is 4.39 Å². The van der Waals surface area contributed by atoms with Gasteiger partial charge in [0.1, 0.15) is 23.3 Å². The topological polar surface area (TPSA) is 119 Å². The highest BCUT2D eigenvalue weighted by Crippen LogP contribution is 2.19. The zero-order chi connectivity index (χ0) is 17.1. The number of aryl methyl sites for hydroxylation is 1. The lowest BCUT2D eigenvalue weighted by atomic mass is 10.3. The Morgan fingerprint density at radius 1 is 1.17 bits per heavy atom. The highest BCUT2D eigenvalue weighted by molar-refractivity contribution is 5.57. The molecule has 0 radical (unpaired) electrons. The highest BCUT2D eigenvalue weighted by Gasteiger charge is 2.12. The summed E-state index contributed by atoms with van der Waals surface area (Å²) >= 11 is 0. The molecule has 0 aliphatic carbocycles. The summed E-state index contributed by atoms with van der Waals surface area (Å²) in [6.07, 6.45) is 5.68. The van der Waals surface area contributed by atoms with Crippen molar-refractivity contribution in [2.45, 2.75) is 13.0 Å². The third kappa shape index (κ3) is 3.72. The van der Waals surface area contributed by atoms with Gasteiger partial charge in [-0.15, -0.1) is 0 Å². The minimum Gasteiger partial charge on any atom is -0.383 e. The molecule has 0 bridgehead atoms. The first-order valence-corrected chi connectivity index (χ1v) is 7.13. The quantitative estimate of drug-likeness (QED) is 0.646. The fourth-order valence-corrected chi connectivity index (χ4v) is 2.01. The van der Waals surface area contributed by atoms with Crippen molar-refractivity contribution in [3.63, 3.8) is 0 Å². The van der Waals surface area contributed by atoms with Gasteiger partial charge in [-0.25, -0.2) is 19.3 Å². The molecule has 10 heteroatoms. The van der Waals surface area contributed by atoms with Crippen LogP contribution >= 0.6 is 0 Å². The highest BCUT2D eigenvalue weighted by atomic mass is 19.1. The van der Waals surface area contributed by atoms with Gasteiger partial charge in [0.25, 0.3) is 0 Å². The van der Waals surface area contributed by atoms with Crippen LogP contribution < -0.4 is 16.4 Å². The van der Waals surface area contributed by atoms with Gasteiger partial charge in [0, 0.05) is 19.3 Å². The summed E-state index contributed by atoms with van der Waals surface area (Å²) in [7, 11) is 1.86. The minimum absolute atomic E-state index is 0.290. The number of anilines is 4. The van der Waals surface area contributed by atoms with Gasteiger partial charge < -0.3 is 20.9 Å². The van der Waals surface area contributed by atoms with E-state index in [0.29, 0.717) is 23.4 Å². The van der Waals surface area contributed by atoms with Crippen molar-refractivity contribution >= 4 is 23.4 Å². The van der Waals surface area contributed by atoms with Crippen LogP contribution in [0.15, 0.2) is 31.0 Å². The number of nitrogens with zero attached hydrogens (tertiary/aromatic N) is 6. The minimum atomic E-state index is -0.493. The normalized spacial score (nSPS) is 12.0. The van der Waals surface area contributed by atoms with E-state index in [1.165, 1.54) is 0 Å². The molecule has 0 fully saturated rings. The van der Waals surface area contributed by atoms with E-state index in [2.05, 4.69) is 35.6 Å². The fourth-order valence-electron chi connectivity index (χ4n) is 2.01. The SMILES string of the molecule is CC(Nc1nc(N)cc(Nc2cn(C)cn2)n1)c1ncc(F)cn1. The molecular formula is C14H16FN9. The van der Waals surface area contributed by atoms with E-state index in [4.69, 9.17) is 5.73 Å². The first-order valence-electron chi connectivity index (χ1n) is 7.13. The molecule has 0 saturated heterocycles. The molecule has 0 aliphatic rings. The van der Waals surface area contributed by atoms with Crippen molar-refractivity contribution in [2.75, 3.05) is 16.4 Å². The van der Waals surface area contributed by atoms with Gasteiger partial charge >= 0.3 is 0 Å². The third-order valence-corrected chi connectivity index (χ3v) is 3.08. The van der Waals surface area contributed by atoms with Gasteiger partial charge in [0.05, 0.1) is 24.8 Å². The summed E-state index contributed by atoms with van der Waals surface area (Å²) < 4.78 is 14.7. The van der Waals surface area contributed by atoms with Gasteiger partial charge in [-0.1, -0.05) is 0 Å². The van der Waals surface area contributed by atoms with Crippen molar-refractivity contribution in [3.8, 4) is 0 Å². The summed E-state index contributed by atoms with van der Waals surface area (Å²) in [6.45, 7) is 1.81. The predicted molar refractivity (Wildman–Crippen MR) is 87.0 cm³/mol. The Morgan fingerprint density at radius 2 is 1.92 bits per heavy atom. The van der Waals surface area contributed by atoms with E-state index in [1.54, 1.807) is 23.2 Å². The fraction of sp³-hybridized carbons (Fsp3) is 0.214. The smallest absolute Gasteiger partial charge is 0.227 e. The Balaban J connectivity index is 1.76. The second-order valence-corrected chi connectivity index (χ2v) is 5.18. The molecule has 3 aromatic heterocycles. The van der Waals surface area contributed by atoms with Gasteiger partial charge in [0.2, 0.25) is 5.95 Å². The van der Waals surface area contributed by atoms with Crippen LogP contribution in [0.3, 0.4) is 0 Å². The largest absolute Gasteiger partial charge is 0.383 e.